The van der Waals surface area contributed by atoms with Gasteiger partial charge >= 0.3 is 0 Å². The monoisotopic (exact) mass is 277 g/mol. The fourth-order valence-corrected chi connectivity index (χ4v) is 2.79. The molecule has 0 aliphatic heterocycles. The van der Waals surface area contributed by atoms with E-state index >= 15 is 0 Å². The van der Waals surface area contributed by atoms with Crippen molar-refractivity contribution in [3.63, 3.8) is 0 Å². The standard InChI is InChI=1S/C16H27N3O/c1-3-10-17-12-14-8-9-16(19-18-14)20-15-7-5-6-13(4-2)11-15/h8-9,13,15,17H,3-7,10-12H2,1-2H3. The van der Waals surface area contributed by atoms with Gasteiger partial charge in [0, 0.05) is 12.6 Å². The van der Waals surface area contributed by atoms with Gasteiger partial charge in [-0.3, -0.25) is 0 Å². The van der Waals surface area contributed by atoms with Crippen molar-refractivity contribution in [2.24, 2.45) is 5.92 Å². The quantitative estimate of drug-likeness (QED) is 0.777. The Bertz CT molecular complexity index is 380. The molecule has 1 fully saturated rings. The highest BCUT2D eigenvalue weighted by Gasteiger charge is 2.22. The van der Waals surface area contributed by atoms with Gasteiger partial charge in [-0.05, 0) is 44.2 Å². The maximum absolute atomic E-state index is 5.97. The SMILES string of the molecule is CCCNCc1ccc(OC2CCCC(CC)C2)nn1. The second-order valence-corrected chi connectivity index (χ2v) is 5.72. The van der Waals surface area contributed by atoms with Crippen LogP contribution in [0.4, 0.5) is 0 Å². The van der Waals surface area contributed by atoms with Gasteiger partial charge in [0.2, 0.25) is 5.88 Å². The normalized spacial score (nSPS) is 22.7. The molecule has 0 aromatic carbocycles. The summed E-state index contributed by atoms with van der Waals surface area (Å²) in [6.07, 6.45) is 7.66. The van der Waals surface area contributed by atoms with Crippen LogP contribution in [0.2, 0.25) is 0 Å². The van der Waals surface area contributed by atoms with Gasteiger partial charge in [-0.2, -0.15) is 5.10 Å². The van der Waals surface area contributed by atoms with E-state index in [1.54, 1.807) is 0 Å². The number of aromatic nitrogens is 2. The van der Waals surface area contributed by atoms with Crippen LogP contribution in [0.1, 0.15) is 58.1 Å². The minimum atomic E-state index is 0.326. The molecule has 1 saturated carbocycles. The van der Waals surface area contributed by atoms with Crippen LogP contribution in [-0.4, -0.2) is 22.8 Å². The maximum Gasteiger partial charge on any atom is 0.233 e. The Labute approximate surface area is 122 Å². The Balaban J connectivity index is 1.80. The summed E-state index contributed by atoms with van der Waals surface area (Å²) >= 11 is 0. The molecule has 2 rings (SSSR count). The first-order valence-electron chi connectivity index (χ1n) is 8.01. The van der Waals surface area contributed by atoms with Crippen LogP contribution in [0.15, 0.2) is 12.1 Å². The van der Waals surface area contributed by atoms with Crippen LogP contribution in [-0.2, 0) is 6.54 Å². The van der Waals surface area contributed by atoms with Crippen LogP contribution >= 0.6 is 0 Å². The van der Waals surface area contributed by atoms with E-state index in [0.717, 1.165) is 44.0 Å². The van der Waals surface area contributed by atoms with Crippen molar-refractivity contribution in [1.29, 1.82) is 0 Å². The number of nitrogens with one attached hydrogen (secondary N) is 1. The number of nitrogens with zero attached hydrogens (tertiary/aromatic N) is 2. The zero-order valence-corrected chi connectivity index (χ0v) is 12.8. The Morgan fingerprint density at radius 2 is 2.15 bits per heavy atom. The second kappa shape index (κ2) is 8.20. The van der Waals surface area contributed by atoms with E-state index in [-0.39, 0.29) is 0 Å². The molecule has 0 spiro atoms. The van der Waals surface area contributed by atoms with Crippen molar-refractivity contribution >= 4 is 0 Å². The smallest absolute Gasteiger partial charge is 0.233 e. The average Bonchev–Trinajstić information content (AvgIpc) is 2.49. The molecule has 1 aliphatic carbocycles. The van der Waals surface area contributed by atoms with Crippen molar-refractivity contribution in [2.45, 2.75) is 65.0 Å². The van der Waals surface area contributed by atoms with Crippen LogP contribution < -0.4 is 10.1 Å². The van der Waals surface area contributed by atoms with E-state index in [4.69, 9.17) is 4.74 Å². The number of ether oxygens (including phenoxy) is 1. The summed E-state index contributed by atoms with van der Waals surface area (Å²) in [7, 11) is 0. The summed E-state index contributed by atoms with van der Waals surface area (Å²) in [6, 6.07) is 3.96. The first-order chi connectivity index (χ1) is 9.81. The molecule has 4 heteroatoms. The largest absolute Gasteiger partial charge is 0.473 e. The van der Waals surface area contributed by atoms with E-state index in [0.29, 0.717) is 12.0 Å². The Morgan fingerprint density at radius 3 is 2.85 bits per heavy atom. The predicted octanol–water partition coefficient (Wildman–Crippen LogP) is 3.32. The first-order valence-corrected chi connectivity index (χ1v) is 8.01. The summed E-state index contributed by atoms with van der Waals surface area (Å²) in [4.78, 5) is 0. The van der Waals surface area contributed by atoms with Gasteiger partial charge in [-0.25, -0.2) is 0 Å². The average molecular weight is 277 g/mol. The van der Waals surface area contributed by atoms with Gasteiger partial charge in [0.25, 0.3) is 0 Å². The summed E-state index contributed by atoms with van der Waals surface area (Å²) in [5, 5.41) is 11.7. The fraction of sp³-hybridized carbons (Fsp3) is 0.750. The predicted molar refractivity (Wildman–Crippen MR) is 80.7 cm³/mol. The minimum Gasteiger partial charge on any atom is -0.473 e. The molecular formula is C16H27N3O. The zero-order valence-electron chi connectivity index (χ0n) is 12.8. The lowest BCUT2D eigenvalue weighted by Crippen LogP contribution is -2.25. The van der Waals surface area contributed by atoms with Gasteiger partial charge in [-0.15, -0.1) is 5.10 Å². The van der Waals surface area contributed by atoms with Crippen molar-refractivity contribution in [3.8, 4) is 5.88 Å². The highest BCUT2D eigenvalue weighted by molar-refractivity contribution is 5.11. The molecule has 2 unspecified atom stereocenters. The van der Waals surface area contributed by atoms with Gasteiger partial charge in [0.15, 0.2) is 0 Å². The molecule has 1 heterocycles. The molecule has 0 amide bonds. The first kappa shape index (κ1) is 15.2. The lowest BCUT2D eigenvalue weighted by molar-refractivity contribution is 0.116. The third-order valence-corrected chi connectivity index (χ3v) is 4.03. The molecule has 20 heavy (non-hydrogen) atoms. The molecule has 1 aliphatic rings. The molecule has 1 N–H and O–H groups in total. The zero-order chi connectivity index (χ0) is 14.2. The van der Waals surface area contributed by atoms with Gasteiger partial charge in [0.05, 0.1) is 5.69 Å². The summed E-state index contributed by atoms with van der Waals surface area (Å²) in [6.45, 7) is 6.22. The van der Waals surface area contributed by atoms with Gasteiger partial charge in [-0.1, -0.05) is 26.7 Å². The number of rotatable bonds is 7. The van der Waals surface area contributed by atoms with Gasteiger partial charge < -0.3 is 10.1 Å². The van der Waals surface area contributed by atoms with Crippen LogP contribution in [0.25, 0.3) is 0 Å². The molecule has 112 valence electrons. The third-order valence-electron chi connectivity index (χ3n) is 4.03. The van der Waals surface area contributed by atoms with Crippen LogP contribution in [0.5, 0.6) is 5.88 Å². The molecule has 0 saturated heterocycles. The highest BCUT2D eigenvalue weighted by Crippen LogP contribution is 2.28. The van der Waals surface area contributed by atoms with E-state index in [1.165, 1.54) is 19.3 Å². The lowest BCUT2D eigenvalue weighted by atomic mass is 9.85. The summed E-state index contributed by atoms with van der Waals surface area (Å²) in [5.74, 6) is 1.49. The molecule has 1 aromatic rings. The Hall–Kier alpha value is -1.16. The third kappa shape index (κ3) is 4.75. The van der Waals surface area contributed by atoms with Crippen molar-refractivity contribution in [2.75, 3.05) is 6.54 Å². The van der Waals surface area contributed by atoms with E-state index in [2.05, 4.69) is 29.4 Å². The summed E-state index contributed by atoms with van der Waals surface area (Å²) < 4.78 is 5.97. The lowest BCUT2D eigenvalue weighted by Gasteiger charge is -2.28. The van der Waals surface area contributed by atoms with Crippen LogP contribution in [0.3, 0.4) is 0 Å². The Morgan fingerprint density at radius 1 is 1.25 bits per heavy atom. The minimum absolute atomic E-state index is 0.326. The fourth-order valence-electron chi connectivity index (χ4n) is 2.79. The highest BCUT2D eigenvalue weighted by atomic mass is 16.5. The van der Waals surface area contributed by atoms with Gasteiger partial charge in [0.1, 0.15) is 6.10 Å². The van der Waals surface area contributed by atoms with Crippen LogP contribution in [0, 0.1) is 5.92 Å². The van der Waals surface area contributed by atoms with Crippen molar-refractivity contribution in [3.05, 3.63) is 17.8 Å². The van der Waals surface area contributed by atoms with E-state index in [1.807, 2.05) is 12.1 Å². The topological polar surface area (TPSA) is 47.0 Å². The molecule has 4 nitrogen and oxygen atoms in total. The number of hydrogen-bond acceptors (Lipinski definition) is 4. The number of hydrogen-bond donors (Lipinski definition) is 1. The van der Waals surface area contributed by atoms with Crippen molar-refractivity contribution in [1.82, 2.24) is 15.5 Å². The molecule has 0 bridgehead atoms. The maximum atomic E-state index is 5.97. The summed E-state index contributed by atoms with van der Waals surface area (Å²) in [5.41, 5.74) is 0.973. The molecule has 2 atom stereocenters. The molecular weight excluding hydrogens is 250 g/mol. The molecule has 1 aromatic heterocycles. The molecule has 0 radical (unpaired) electrons. The van der Waals surface area contributed by atoms with E-state index in [9.17, 15) is 0 Å². The van der Waals surface area contributed by atoms with E-state index < -0.39 is 0 Å². The Kier molecular flexibility index (Phi) is 6.25. The second-order valence-electron chi connectivity index (χ2n) is 5.72. The van der Waals surface area contributed by atoms with Crippen molar-refractivity contribution < 1.29 is 4.74 Å².